The second-order valence-electron chi connectivity index (χ2n) is 13.7. The van der Waals surface area contributed by atoms with Gasteiger partial charge in [0.2, 0.25) is 5.43 Å². The topological polar surface area (TPSA) is 35.1 Å². The van der Waals surface area contributed by atoms with E-state index in [0.717, 1.165) is 39.0 Å². The highest BCUT2D eigenvalue weighted by atomic mass is 16.3. The van der Waals surface area contributed by atoms with Crippen LogP contribution in [0.2, 0.25) is 0 Å². The number of aromatic nitrogens is 1. The van der Waals surface area contributed by atoms with Gasteiger partial charge in [0.25, 0.3) is 0 Å². The van der Waals surface area contributed by atoms with Gasteiger partial charge in [0.05, 0.1) is 27.5 Å². The number of nitrogens with zero attached hydrogens (tertiary/aromatic N) is 1. The molecular formula is C46H31NO2. The largest absolute Gasteiger partial charge is 0.456 e. The summed E-state index contributed by atoms with van der Waals surface area (Å²) < 4.78 is 9.05. The number of hydrogen-bond donors (Lipinski definition) is 0. The molecule has 49 heavy (non-hydrogen) atoms. The molecule has 0 saturated heterocycles. The maximum atomic E-state index is 14.2. The summed E-state index contributed by atoms with van der Waals surface area (Å²) in [5, 5.41) is 3.54. The van der Waals surface area contributed by atoms with Crippen molar-refractivity contribution < 1.29 is 4.42 Å². The van der Waals surface area contributed by atoms with Crippen LogP contribution in [0, 0.1) is 0 Å². The molecule has 3 nitrogen and oxygen atoms in total. The smallest absolute Gasteiger partial charge is 0.200 e. The van der Waals surface area contributed by atoms with Crippen LogP contribution in [0.3, 0.4) is 0 Å². The summed E-state index contributed by atoms with van der Waals surface area (Å²) in [5.41, 5.74) is 13.6. The van der Waals surface area contributed by atoms with Crippen molar-refractivity contribution in [2.45, 2.75) is 19.3 Å². The molecule has 1 aliphatic rings. The van der Waals surface area contributed by atoms with Crippen LogP contribution in [0.5, 0.6) is 0 Å². The molecule has 0 amide bonds. The summed E-state index contributed by atoms with van der Waals surface area (Å²) in [5.74, 6) is 0. The van der Waals surface area contributed by atoms with Gasteiger partial charge in [-0.2, -0.15) is 0 Å². The molecule has 2 aromatic heterocycles. The Morgan fingerprint density at radius 1 is 0.469 bits per heavy atom. The van der Waals surface area contributed by atoms with Gasteiger partial charge in [-0.05, 0) is 75.3 Å². The lowest BCUT2D eigenvalue weighted by atomic mass is 9.82. The molecule has 0 saturated carbocycles. The fourth-order valence-electron chi connectivity index (χ4n) is 8.16. The van der Waals surface area contributed by atoms with Crippen molar-refractivity contribution in [3.05, 3.63) is 173 Å². The molecule has 3 heteroatoms. The number of rotatable bonds is 3. The third kappa shape index (κ3) is 3.99. The number of benzene rings is 7. The molecule has 10 rings (SSSR count). The number of para-hydroxylation sites is 1. The average molecular weight is 630 g/mol. The molecule has 2 heterocycles. The summed E-state index contributed by atoms with van der Waals surface area (Å²) >= 11 is 0. The highest BCUT2D eigenvalue weighted by Crippen LogP contribution is 2.51. The van der Waals surface area contributed by atoms with Gasteiger partial charge in [-0.25, -0.2) is 0 Å². The first kappa shape index (κ1) is 27.9. The molecule has 0 bridgehead atoms. The molecule has 0 aliphatic heterocycles. The maximum Gasteiger partial charge on any atom is 0.200 e. The molecule has 0 spiro atoms. The van der Waals surface area contributed by atoms with E-state index < -0.39 is 0 Å². The first-order valence-electron chi connectivity index (χ1n) is 16.8. The highest BCUT2D eigenvalue weighted by Gasteiger charge is 2.36. The van der Waals surface area contributed by atoms with Crippen LogP contribution >= 0.6 is 0 Å². The first-order valence-corrected chi connectivity index (χ1v) is 16.8. The van der Waals surface area contributed by atoms with Gasteiger partial charge in [-0.15, -0.1) is 0 Å². The van der Waals surface area contributed by atoms with E-state index in [-0.39, 0.29) is 10.8 Å². The second-order valence-corrected chi connectivity index (χ2v) is 13.7. The third-order valence-corrected chi connectivity index (χ3v) is 10.6. The Kier molecular flexibility index (Phi) is 5.78. The van der Waals surface area contributed by atoms with E-state index in [9.17, 15) is 4.79 Å². The fourth-order valence-corrected chi connectivity index (χ4v) is 8.16. The van der Waals surface area contributed by atoms with Crippen LogP contribution in [-0.2, 0) is 5.41 Å². The molecule has 9 aromatic rings. The Hall–Kier alpha value is -6.19. The molecule has 0 radical (unpaired) electrons. The zero-order valence-electron chi connectivity index (χ0n) is 27.2. The standard InChI is InChI=1S/C46H31NO2/c1-46(2)38-19-11-9-17-31(38)35-25-36-32-18-10-12-20-40(32)47(41(36)26-39(35)46)42-27-44-37(24-34(42)29-15-7-4-8-16-29)45(48)33-22-21-30(23-43(33)49-44)28-13-5-3-6-14-28/h3-27H,1-2H3. The predicted molar refractivity (Wildman–Crippen MR) is 203 cm³/mol. The third-order valence-electron chi connectivity index (χ3n) is 10.6. The second kappa shape index (κ2) is 10.2. The Bertz CT molecular complexity index is 2860. The summed E-state index contributed by atoms with van der Waals surface area (Å²) in [6.45, 7) is 4.65. The van der Waals surface area contributed by atoms with Crippen LogP contribution in [0.25, 0.3) is 82.8 Å². The van der Waals surface area contributed by atoms with Gasteiger partial charge in [-0.3, -0.25) is 4.79 Å². The minimum Gasteiger partial charge on any atom is -0.456 e. The van der Waals surface area contributed by atoms with Crippen molar-refractivity contribution in [2.75, 3.05) is 0 Å². The van der Waals surface area contributed by atoms with Gasteiger partial charge in [0, 0.05) is 27.8 Å². The zero-order chi connectivity index (χ0) is 32.9. The number of hydrogen-bond acceptors (Lipinski definition) is 2. The Morgan fingerprint density at radius 3 is 1.96 bits per heavy atom. The van der Waals surface area contributed by atoms with E-state index in [1.54, 1.807) is 0 Å². The van der Waals surface area contributed by atoms with Crippen molar-refractivity contribution in [3.63, 3.8) is 0 Å². The minimum absolute atomic E-state index is 0.0286. The van der Waals surface area contributed by atoms with Crippen LogP contribution in [0.4, 0.5) is 0 Å². The van der Waals surface area contributed by atoms with Gasteiger partial charge < -0.3 is 8.98 Å². The quantitative estimate of drug-likeness (QED) is 0.182. The summed E-state index contributed by atoms with van der Waals surface area (Å²) in [4.78, 5) is 14.2. The summed E-state index contributed by atoms with van der Waals surface area (Å²) in [7, 11) is 0. The maximum absolute atomic E-state index is 14.2. The first-order chi connectivity index (χ1) is 24.0. The van der Waals surface area contributed by atoms with E-state index >= 15 is 0 Å². The van der Waals surface area contributed by atoms with Gasteiger partial charge in [-0.1, -0.05) is 123 Å². The van der Waals surface area contributed by atoms with E-state index in [1.807, 2.05) is 48.5 Å². The van der Waals surface area contributed by atoms with Crippen molar-refractivity contribution in [1.29, 1.82) is 0 Å². The van der Waals surface area contributed by atoms with E-state index in [4.69, 9.17) is 4.42 Å². The SMILES string of the molecule is CC1(C)c2ccccc2-c2cc3c4ccccc4n(-c4cc5oc6cc(-c7ccccc7)ccc6c(=O)c5cc4-c4ccccc4)c3cc21. The van der Waals surface area contributed by atoms with Gasteiger partial charge in [0.15, 0.2) is 0 Å². The number of fused-ring (bicyclic) bond motifs is 8. The zero-order valence-corrected chi connectivity index (χ0v) is 27.2. The van der Waals surface area contributed by atoms with Gasteiger partial charge in [0.1, 0.15) is 11.2 Å². The summed E-state index contributed by atoms with van der Waals surface area (Å²) in [6, 6.07) is 52.8. The molecule has 7 aromatic carbocycles. The Balaban J connectivity index is 1.31. The highest BCUT2D eigenvalue weighted by molar-refractivity contribution is 6.12. The van der Waals surface area contributed by atoms with Crippen LogP contribution in [0.15, 0.2) is 161 Å². The Morgan fingerprint density at radius 2 is 1.14 bits per heavy atom. The van der Waals surface area contributed by atoms with E-state index in [1.165, 1.54) is 33.0 Å². The Labute approximate surface area is 283 Å². The van der Waals surface area contributed by atoms with Crippen molar-refractivity contribution in [3.8, 4) is 39.1 Å². The molecule has 0 atom stereocenters. The van der Waals surface area contributed by atoms with Gasteiger partial charge >= 0.3 is 0 Å². The average Bonchev–Trinajstić information content (AvgIpc) is 3.59. The molecule has 232 valence electrons. The summed E-state index contributed by atoms with van der Waals surface area (Å²) in [6.07, 6.45) is 0. The van der Waals surface area contributed by atoms with Crippen molar-refractivity contribution in [1.82, 2.24) is 4.57 Å². The normalized spacial score (nSPS) is 13.3. The predicted octanol–water partition coefficient (Wildman–Crippen LogP) is 11.7. The van der Waals surface area contributed by atoms with E-state index in [0.29, 0.717) is 21.9 Å². The van der Waals surface area contributed by atoms with Crippen LogP contribution in [-0.4, -0.2) is 4.57 Å². The lowest BCUT2D eigenvalue weighted by Crippen LogP contribution is -2.15. The van der Waals surface area contributed by atoms with Crippen molar-refractivity contribution in [2.24, 2.45) is 0 Å². The van der Waals surface area contributed by atoms with Crippen LogP contribution < -0.4 is 5.43 Å². The lowest BCUT2D eigenvalue weighted by Gasteiger charge is -2.22. The molecule has 0 N–H and O–H groups in total. The molecule has 0 fully saturated rings. The van der Waals surface area contributed by atoms with Crippen molar-refractivity contribution >= 4 is 43.7 Å². The molecule has 1 aliphatic carbocycles. The minimum atomic E-state index is -0.144. The van der Waals surface area contributed by atoms with E-state index in [2.05, 4.69) is 122 Å². The lowest BCUT2D eigenvalue weighted by molar-refractivity contribution is 0.659. The van der Waals surface area contributed by atoms with Crippen LogP contribution in [0.1, 0.15) is 25.0 Å². The monoisotopic (exact) mass is 629 g/mol. The fraction of sp³-hybridized carbons (Fsp3) is 0.0652. The molecular weight excluding hydrogens is 599 g/mol. The molecule has 0 unspecified atom stereocenters.